The lowest BCUT2D eigenvalue weighted by atomic mass is 10.3. The van der Waals surface area contributed by atoms with Crippen molar-refractivity contribution in [2.75, 3.05) is 0 Å². The van der Waals surface area contributed by atoms with E-state index < -0.39 is 15.1 Å². The fraction of sp³-hybridized carbons (Fsp3) is 0.444. The van der Waals surface area contributed by atoms with Crippen molar-refractivity contribution in [1.82, 2.24) is 4.98 Å². The Morgan fingerprint density at radius 2 is 2.00 bits per heavy atom. The van der Waals surface area contributed by atoms with Crippen molar-refractivity contribution in [1.29, 1.82) is 0 Å². The van der Waals surface area contributed by atoms with Crippen molar-refractivity contribution in [2.45, 2.75) is 31.0 Å². The molecule has 1 aromatic rings. The first-order chi connectivity index (χ1) is 5.94. The molecule has 1 rings (SSSR count). The van der Waals surface area contributed by atoms with Crippen LogP contribution >= 0.6 is 0 Å². The van der Waals surface area contributed by atoms with Crippen LogP contribution < -0.4 is 0 Å². The fourth-order valence-electron chi connectivity index (χ4n) is 0.906. The lowest BCUT2D eigenvalue weighted by Crippen LogP contribution is -2.15. The third-order valence-corrected chi connectivity index (χ3v) is 3.85. The van der Waals surface area contributed by atoms with Gasteiger partial charge in [-0.15, -0.1) is 0 Å². The second kappa shape index (κ2) is 3.46. The highest BCUT2D eigenvalue weighted by atomic mass is 32.2. The van der Waals surface area contributed by atoms with Gasteiger partial charge in [0.2, 0.25) is 0 Å². The van der Waals surface area contributed by atoms with E-state index in [2.05, 4.69) is 4.98 Å². The summed E-state index contributed by atoms with van der Waals surface area (Å²) >= 11 is 0. The molecule has 13 heavy (non-hydrogen) atoms. The predicted molar refractivity (Wildman–Crippen MR) is 51.3 cm³/mol. The smallest absolute Gasteiger partial charge is 0.197 e. The van der Waals surface area contributed by atoms with Gasteiger partial charge in [-0.2, -0.15) is 0 Å². The molecule has 0 aromatic carbocycles. The van der Waals surface area contributed by atoms with Crippen LogP contribution in [0.15, 0.2) is 23.4 Å². The highest BCUT2D eigenvalue weighted by molar-refractivity contribution is 7.91. The molecule has 0 N–H and O–H groups in total. The minimum absolute atomic E-state index is 0.169. The quantitative estimate of drug-likeness (QED) is 0.726. The summed E-state index contributed by atoms with van der Waals surface area (Å²) in [7, 11) is -3.21. The highest BCUT2D eigenvalue weighted by Crippen LogP contribution is 2.13. The van der Waals surface area contributed by atoms with Crippen LogP contribution in [0.2, 0.25) is 0 Å². The van der Waals surface area contributed by atoms with Crippen molar-refractivity contribution >= 4 is 9.84 Å². The zero-order chi connectivity index (χ0) is 10.1. The van der Waals surface area contributed by atoms with Crippen LogP contribution in [0.1, 0.15) is 19.4 Å². The Balaban J connectivity index is 3.24. The SMILES string of the molecule is Cc1ccnc(S(=O)(=O)C(C)C)c1. The number of hydrogen-bond acceptors (Lipinski definition) is 3. The Bertz CT molecular complexity index is 396. The number of rotatable bonds is 2. The van der Waals surface area contributed by atoms with E-state index in [-0.39, 0.29) is 5.03 Å². The first-order valence-corrected chi connectivity index (χ1v) is 5.66. The molecule has 0 amide bonds. The van der Waals surface area contributed by atoms with Crippen molar-refractivity contribution in [2.24, 2.45) is 0 Å². The van der Waals surface area contributed by atoms with Gasteiger partial charge in [0.15, 0.2) is 14.9 Å². The molecular weight excluding hydrogens is 186 g/mol. The van der Waals surface area contributed by atoms with Crippen LogP contribution in [-0.2, 0) is 9.84 Å². The van der Waals surface area contributed by atoms with Gasteiger partial charge in [-0.25, -0.2) is 13.4 Å². The zero-order valence-electron chi connectivity index (χ0n) is 7.98. The van der Waals surface area contributed by atoms with E-state index in [9.17, 15) is 8.42 Å². The van der Waals surface area contributed by atoms with Crippen molar-refractivity contribution < 1.29 is 8.42 Å². The molecule has 0 aliphatic rings. The third-order valence-electron chi connectivity index (χ3n) is 1.80. The minimum atomic E-state index is -3.21. The second-order valence-electron chi connectivity index (χ2n) is 3.27. The van der Waals surface area contributed by atoms with Gasteiger partial charge in [0, 0.05) is 6.20 Å². The van der Waals surface area contributed by atoms with Gasteiger partial charge in [0.1, 0.15) is 0 Å². The molecule has 0 aliphatic heterocycles. The summed E-state index contributed by atoms with van der Waals surface area (Å²) in [4.78, 5) is 3.84. The molecule has 1 heterocycles. The Hall–Kier alpha value is -0.900. The van der Waals surface area contributed by atoms with Gasteiger partial charge in [-0.3, -0.25) is 0 Å². The second-order valence-corrected chi connectivity index (χ2v) is 5.72. The Morgan fingerprint density at radius 1 is 1.38 bits per heavy atom. The largest absolute Gasteiger partial charge is 0.245 e. The predicted octanol–water partition coefficient (Wildman–Crippen LogP) is 1.57. The van der Waals surface area contributed by atoms with E-state index in [1.165, 1.54) is 6.20 Å². The van der Waals surface area contributed by atoms with E-state index >= 15 is 0 Å². The average molecular weight is 199 g/mol. The number of aromatic nitrogens is 1. The Labute approximate surface area is 78.7 Å². The lowest BCUT2D eigenvalue weighted by Gasteiger charge is -2.06. The normalized spacial score (nSPS) is 12.0. The molecular formula is C9H13NO2S. The average Bonchev–Trinajstić information content (AvgIpc) is 2.04. The van der Waals surface area contributed by atoms with Crippen LogP contribution in [0.4, 0.5) is 0 Å². The summed E-state index contributed by atoms with van der Waals surface area (Å²) in [6.45, 7) is 5.15. The fourth-order valence-corrected chi connectivity index (χ4v) is 1.95. The number of aryl methyl sites for hydroxylation is 1. The first kappa shape index (κ1) is 10.2. The molecule has 72 valence electrons. The van der Waals surface area contributed by atoms with Crippen molar-refractivity contribution in [3.8, 4) is 0 Å². The number of pyridine rings is 1. The molecule has 0 aliphatic carbocycles. The van der Waals surface area contributed by atoms with Gasteiger partial charge in [0.25, 0.3) is 0 Å². The minimum Gasteiger partial charge on any atom is -0.245 e. The third kappa shape index (κ3) is 2.06. The molecule has 0 unspecified atom stereocenters. The maximum Gasteiger partial charge on any atom is 0.197 e. The summed E-state index contributed by atoms with van der Waals surface area (Å²) in [6.07, 6.45) is 1.52. The van der Waals surface area contributed by atoms with Gasteiger partial charge < -0.3 is 0 Å². The molecule has 0 saturated carbocycles. The van der Waals surface area contributed by atoms with Crippen molar-refractivity contribution in [3.63, 3.8) is 0 Å². The molecule has 0 spiro atoms. The van der Waals surface area contributed by atoms with E-state index in [1.54, 1.807) is 26.0 Å². The maximum absolute atomic E-state index is 11.6. The summed E-state index contributed by atoms with van der Waals surface area (Å²) in [5, 5.41) is -0.246. The maximum atomic E-state index is 11.6. The zero-order valence-corrected chi connectivity index (χ0v) is 8.80. The van der Waals surface area contributed by atoms with Crippen LogP contribution in [0, 0.1) is 6.92 Å². The topological polar surface area (TPSA) is 47.0 Å². The van der Waals surface area contributed by atoms with Crippen LogP contribution in [0.3, 0.4) is 0 Å². The standard InChI is InChI=1S/C9H13NO2S/c1-7(2)13(11,12)9-6-8(3)4-5-10-9/h4-7H,1-3H3. The van der Waals surface area contributed by atoms with Crippen molar-refractivity contribution in [3.05, 3.63) is 23.9 Å². The highest BCUT2D eigenvalue weighted by Gasteiger charge is 2.20. The Kier molecular flexibility index (Phi) is 2.71. The van der Waals surface area contributed by atoms with E-state index in [1.807, 2.05) is 6.92 Å². The molecule has 1 aromatic heterocycles. The van der Waals surface area contributed by atoms with Gasteiger partial charge in [-0.05, 0) is 38.5 Å². The van der Waals surface area contributed by atoms with Crippen LogP contribution in [0.25, 0.3) is 0 Å². The van der Waals surface area contributed by atoms with E-state index in [0.717, 1.165) is 5.56 Å². The molecule has 4 heteroatoms. The summed E-state index contributed by atoms with van der Waals surface area (Å²) in [5.74, 6) is 0. The van der Waals surface area contributed by atoms with E-state index in [4.69, 9.17) is 0 Å². The summed E-state index contributed by atoms with van der Waals surface area (Å²) < 4.78 is 23.2. The molecule has 0 bridgehead atoms. The summed E-state index contributed by atoms with van der Waals surface area (Å²) in [5.41, 5.74) is 0.911. The number of hydrogen-bond donors (Lipinski definition) is 0. The van der Waals surface area contributed by atoms with Gasteiger partial charge >= 0.3 is 0 Å². The molecule has 3 nitrogen and oxygen atoms in total. The summed E-state index contributed by atoms with van der Waals surface area (Å²) in [6, 6.07) is 3.37. The van der Waals surface area contributed by atoms with Gasteiger partial charge in [-0.1, -0.05) is 0 Å². The molecule has 0 atom stereocenters. The van der Waals surface area contributed by atoms with Gasteiger partial charge in [0.05, 0.1) is 5.25 Å². The Morgan fingerprint density at radius 3 is 2.46 bits per heavy atom. The van der Waals surface area contributed by atoms with Crippen LogP contribution in [0.5, 0.6) is 0 Å². The number of sulfone groups is 1. The molecule has 0 radical (unpaired) electrons. The monoisotopic (exact) mass is 199 g/mol. The lowest BCUT2D eigenvalue weighted by molar-refractivity contribution is 0.583. The first-order valence-electron chi connectivity index (χ1n) is 4.11. The molecule has 0 fully saturated rings. The molecule has 0 saturated heterocycles. The van der Waals surface area contributed by atoms with Crippen LogP contribution in [-0.4, -0.2) is 18.7 Å². The number of nitrogens with zero attached hydrogens (tertiary/aromatic N) is 1. The van der Waals surface area contributed by atoms with E-state index in [0.29, 0.717) is 0 Å².